The van der Waals surface area contributed by atoms with Gasteiger partial charge in [-0.2, -0.15) is 0 Å². The molecule has 4 rings (SSSR count). The molecule has 6 nitrogen and oxygen atoms in total. The number of hydrogen-bond donors (Lipinski definition) is 1. The van der Waals surface area contributed by atoms with Gasteiger partial charge in [-0.3, -0.25) is 9.59 Å². The molecule has 2 heterocycles. The van der Waals surface area contributed by atoms with E-state index in [1.165, 1.54) is 11.3 Å². The number of benzene rings is 2. The van der Waals surface area contributed by atoms with Crippen LogP contribution < -0.4 is 10.2 Å². The Balaban J connectivity index is 1.48. The Labute approximate surface area is 198 Å². The van der Waals surface area contributed by atoms with E-state index in [4.69, 9.17) is 0 Å². The van der Waals surface area contributed by atoms with Crippen LogP contribution >= 0.6 is 11.3 Å². The van der Waals surface area contributed by atoms with E-state index in [0.29, 0.717) is 4.88 Å². The first-order valence-electron chi connectivity index (χ1n) is 10.7. The molecule has 0 saturated carbocycles. The predicted molar refractivity (Wildman–Crippen MR) is 130 cm³/mol. The molecule has 0 bridgehead atoms. The molecule has 0 unspecified atom stereocenters. The molecule has 1 fully saturated rings. The standard InChI is InChI=1S/C25H26N2O4S2/c1-17-5-9-20(10-6-17)27-16-19(14-24(27)28)25(29)26-15-23(22-4-3-13-32-22)33(30,31)21-11-7-18(2)8-12-21/h3-13,19,23H,14-16H2,1-2H3,(H,26,29)/t19-,23+/m1/s1. The number of carbonyl (C=O) groups is 2. The molecule has 0 aliphatic carbocycles. The van der Waals surface area contributed by atoms with Crippen LogP contribution in [0.2, 0.25) is 0 Å². The normalized spacial score (nSPS) is 17.2. The number of thiophene rings is 1. The predicted octanol–water partition coefficient (Wildman–Crippen LogP) is 4.05. The Morgan fingerprint density at radius 2 is 1.70 bits per heavy atom. The van der Waals surface area contributed by atoms with Gasteiger partial charge in [0.05, 0.1) is 10.8 Å². The first kappa shape index (κ1) is 23.2. The van der Waals surface area contributed by atoms with Crippen molar-refractivity contribution < 1.29 is 18.0 Å². The van der Waals surface area contributed by atoms with Gasteiger partial charge in [0.2, 0.25) is 11.8 Å². The van der Waals surface area contributed by atoms with Gasteiger partial charge in [-0.15, -0.1) is 11.3 Å². The highest BCUT2D eigenvalue weighted by Gasteiger charge is 2.36. The SMILES string of the molecule is Cc1ccc(N2C[C@H](C(=O)NC[C@@H](c3cccs3)S(=O)(=O)c3ccc(C)cc3)CC2=O)cc1. The fourth-order valence-corrected chi connectivity index (χ4v) is 6.71. The number of anilines is 1. The average molecular weight is 483 g/mol. The largest absolute Gasteiger partial charge is 0.354 e. The zero-order valence-electron chi connectivity index (χ0n) is 18.5. The molecule has 1 N–H and O–H groups in total. The third kappa shape index (κ3) is 5.02. The van der Waals surface area contributed by atoms with Gasteiger partial charge in [0.15, 0.2) is 9.84 Å². The van der Waals surface area contributed by atoms with E-state index in [-0.39, 0.29) is 36.2 Å². The highest BCUT2D eigenvalue weighted by atomic mass is 32.2. The Morgan fingerprint density at radius 3 is 2.30 bits per heavy atom. The Bertz CT molecular complexity index is 1230. The summed E-state index contributed by atoms with van der Waals surface area (Å²) in [5.41, 5.74) is 2.83. The van der Waals surface area contributed by atoms with Crippen LogP contribution in [0, 0.1) is 19.8 Å². The van der Waals surface area contributed by atoms with Crippen molar-refractivity contribution in [3.05, 3.63) is 82.0 Å². The van der Waals surface area contributed by atoms with E-state index in [0.717, 1.165) is 16.8 Å². The van der Waals surface area contributed by atoms with E-state index >= 15 is 0 Å². The van der Waals surface area contributed by atoms with Crippen molar-refractivity contribution in [3.8, 4) is 0 Å². The molecule has 0 spiro atoms. The maximum absolute atomic E-state index is 13.4. The average Bonchev–Trinajstić information content (AvgIpc) is 3.45. The molecule has 1 saturated heterocycles. The van der Waals surface area contributed by atoms with Gasteiger partial charge in [0, 0.05) is 30.1 Å². The maximum Gasteiger partial charge on any atom is 0.227 e. The molecular weight excluding hydrogens is 456 g/mol. The molecule has 33 heavy (non-hydrogen) atoms. The first-order valence-corrected chi connectivity index (χ1v) is 13.2. The molecule has 8 heteroatoms. The van der Waals surface area contributed by atoms with E-state index in [9.17, 15) is 18.0 Å². The highest BCUT2D eigenvalue weighted by molar-refractivity contribution is 7.91. The summed E-state index contributed by atoms with van der Waals surface area (Å²) in [6.45, 7) is 4.10. The topological polar surface area (TPSA) is 83.6 Å². The third-order valence-electron chi connectivity index (χ3n) is 5.89. The van der Waals surface area contributed by atoms with Crippen molar-refractivity contribution in [2.75, 3.05) is 18.0 Å². The summed E-state index contributed by atoms with van der Waals surface area (Å²) >= 11 is 1.35. The number of carbonyl (C=O) groups excluding carboxylic acids is 2. The smallest absolute Gasteiger partial charge is 0.227 e. The maximum atomic E-state index is 13.4. The van der Waals surface area contributed by atoms with Gasteiger partial charge in [0.1, 0.15) is 5.25 Å². The summed E-state index contributed by atoms with van der Waals surface area (Å²) < 4.78 is 26.8. The summed E-state index contributed by atoms with van der Waals surface area (Å²) in [6.07, 6.45) is 0.105. The molecule has 1 aromatic heterocycles. The van der Waals surface area contributed by atoms with Crippen LogP contribution in [-0.2, 0) is 19.4 Å². The second-order valence-electron chi connectivity index (χ2n) is 8.35. The summed E-state index contributed by atoms with van der Waals surface area (Å²) in [5.74, 6) is -0.940. The number of hydrogen-bond acceptors (Lipinski definition) is 5. The van der Waals surface area contributed by atoms with E-state index < -0.39 is 21.0 Å². The first-order chi connectivity index (χ1) is 15.8. The zero-order valence-corrected chi connectivity index (χ0v) is 20.2. The molecule has 172 valence electrons. The Morgan fingerprint density at radius 1 is 1.06 bits per heavy atom. The van der Waals surface area contributed by atoms with Crippen molar-refractivity contribution in [2.45, 2.75) is 30.4 Å². The Kier molecular flexibility index (Phi) is 6.67. The number of sulfone groups is 1. The lowest BCUT2D eigenvalue weighted by Crippen LogP contribution is -2.37. The lowest BCUT2D eigenvalue weighted by atomic mass is 10.1. The lowest BCUT2D eigenvalue weighted by molar-refractivity contribution is -0.126. The minimum absolute atomic E-state index is 0.0508. The Hall–Kier alpha value is -2.97. The monoisotopic (exact) mass is 482 g/mol. The molecule has 1 aliphatic heterocycles. The molecule has 2 aromatic carbocycles. The number of nitrogens with one attached hydrogen (secondary N) is 1. The minimum Gasteiger partial charge on any atom is -0.354 e. The summed E-state index contributed by atoms with van der Waals surface area (Å²) in [6, 6.07) is 17.9. The van der Waals surface area contributed by atoms with E-state index in [1.807, 2.05) is 43.5 Å². The van der Waals surface area contributed by atoms with Gasteiger partial charge in [-0.05, 0) is 49.6 Å². The van der Waals surface area contributed by atoms with E-state index in [1.54, 1.807) is 41.3 Å². The number of amides is 2. The minimum atomic E-state index is -3.71. The molecule has 2 amide bonds. The van der Waals surface area contributed by atoms with Crippen molar-refractivity contribution >= 4 is 38.7 Å². The second-order valence-corrected chi connectivity index (χ2v) is 11.5. The third-order valence-corrected chi connectivity index (χ3v) is 9.12. The van der Waals surface area contributed by atoms with Crippen molar-refractivity contribution in [1.82, 2.24) is 5.32 Å². The molecule has 2 atom stereocenters. The highest BCUT2D eigenvalue weighted by Crippen LogP contribution is 2.32. The summed E-state index contributed by atoms with van der Waals surface area (Å²) in [7, 11) is -3.71. The van der Waals surface area contributed by atoms with Crippen LogP contribution in [0.3, 0.4) is 0 Å². The van der Waals surface area contributed by atoms with Crippen LogP contribution in [0.25, 0.3) is 0 Å². The van der Waals surface area contributed by atoms with Gasteiger partial charge < -0.3 is 10.2 Å². The van der Waals surface area contributed by atoms with Gasteiger partial charge in [-0.25, -0.2) is 8.42 Å². The molecule has 3 aromatic rings. The van der Waals surface area contributed by atoms with Crippen LogP contribution in [0.15, 0.2) is 70.9 Å². The van der Waals surface area contributed by atoms with Crippen molar-refractivity contribution in [2.24, 2.45) is 5.92 Å². The molecule has 1 aliphatic rings. The lowest BCUT2D eigenvalue weighted by Gasteiger charge is -2.19. The zero-order chi connectivity index (χ0) is 23.6. The second kappa shape index (κ2) is 9.49. The van der Waals surface area contributed by atoms with Crippen LogP contribution in [0.1, 0.15) is 27.7 Å². The number of nitrogens with zero attached hydrogens (tertiary/aromatic N) is 1. The van der Waals surface area contributed by atoms with Gasteiger partial charge in [-0.1, -0.05) is 41.5 Å². The van der Waals surface area contributed by atoms with Crippen molar-refractivity contribution in [1.29, 1.82) is 0 Å². The summed E-state index contributed by atoms with van der Waals surface area (Å²) in [5, 5.41) is 3.74. The van der Waals surface area contributed by atoms with Crippen molar-refractivity contribution in [3.63, 3.8) is 0 Å². The van der Waals surface area contributed by atoms with E-state index in [2.05, 4.69) is 5.32 Å². The molecular formula is C25H26N2O4S2. The summed E-state index contributed by atoms with van der Waals surface area (Å²) in [4.78, 5) is 28.0. The van der Waals surface area contributed by atoms with Crippen LogP contribution in [-0.4, -0.2) is 33.3 Å². The van der Waals surface area contributed by atoms with Crippen LogP contribution in [0.5, 0.6) is 0 Å². The quantitative estimate of drug-likeness (QED) is 0.551. The number of aryl methyl sites for hydroxylation is 2. The fraction of sp³-hybridized carbons (Fsp3) is 0.280. The molecule has 0 radical (unpaired) electrons. The fourth-order valence-electron chi connectivity index (χ4n) is 3.92. The van der Waals surface area contributed by atoms with Gasteiger partial charge in [0.25, 0.3) is 0 Å². The number of rotatable bonds is 7. The van der Waals surface area contributed by atoms with Gasteiger partial charge >= 0.3 is 0 Å². The van der Waals surface area contributed by atoms with Crippen LogP contribution in [0.4, 0.5) is 5.69 Å².